The van der Waals surface area contributed by atoms with E-state index in [1.54, 1.807) is 12.1 Å². The molecule has 2 aromatic carbocycles. The smallest absolute Gasteiger partial charge is 0.171 e. The first-order chi connectivity index (χ1) is 9.65. The molecule has 1 heterocycles. The van der Waals surface area contributed by atoms with Crippen LogP contribution >= 0.6 is 11.8 Å². The second-order valence-corrected chi connectivity index (χ2v) is 5.59. The number of aromatic nitrogens is 2. The van der Waals surface area contributed by atoms with Crippen LogP contribution < -0.4 is 5.73 Å². The Morgan fingerprint density at radius 2 is 2.10 bits per heavy atom. The van der Waals surface area contributed by atoms with Gasteiger partial charge in [0, 0.05) is 10.6 Å². The molecule has 0 fully saturated rings. The van der Waals surface area contributed by atoms with Crippen LogP contribution in [-0.2, 0) is 0 Å². The zero-order valence-corrected chi connectivity index (χ0v) is 11.7. The highest BCUT2D eigenvalue weighted by molar-refractivity contribution is 7.99. The van der Waals surface area contributed by atoms with Gasteiger partial charge in [-0.05, 0) is 42.8 Å². The third-order valence-corrected chi connectivity index (χ3v) is 3.85. The van der Waals surface area contributed by atoms with Gasteiger partial charge in [0.15, 0.2) is 5.16 Å². The minimum Gasteiger partial charge on any atom is -0.398 e. The number of nitrogen functional groups attached to an aromatic ring is 1. The molecule has 3 rings (SSSR count). The number of imidazole rings is 1. The largest absolute Gasteiger partial charge is 0.398 e. The average Bonchev–Trinajstić information content (AvgIpc) is 2.82. The van der Waals surface area contributed by atoms with Crippen molar-refractivity contribution < 1.29 is 0 Å². The molecular formula is C15H12N4S. The lowest BCUT2D eigenvalue weighted by atomic mass is 10.2. The monoisotopic (exact) mass is 280 g/mol. The molecule has 4 nitrogen and oxygen atoms in total. The highest BCUT2D eigenvalue weighted by Gasteiger charge is 2.06. The Bertz CT molecular complexity index is 829. The third-order valence-electron chi connectivity index (χ3n) is 2.98. The summed E-state index contributed by atoms with van der Waals surface area (Å²) in [6.07, 6.45) is 0. The van der Waals surface area contributed by atoms with Crippen LogP contribution in [-0.4, -0.2) is 9.97 Å². The fourth-order valence-electron chi connectivity index (χ4n) is 1.96. The van der Waals surface area contributed by atoms with Crippen molar-refractivity contribution in [3.05, 3.63) is 47.5 Å². The van der Waals surface area contributed by atoms with Crippen molar-refractivity contribution in [2.24, 2.45) is 0 Å². The number of benzene rings is 2. The minimum atomic E-state index is 0.488. The van der Waals surface area contributed by atoms with Gasteiger partial charge >= 0.3 is 0 Å². The minimum absolute atomic E-state index is 0.488. The third kappa shape index (κ3) is 2.33. The SMILES string of the molecule is Cc1ccc2nc(Sc3ccc(N)c(C#N)c3)[nH]c2c1. The number of nitriles is 1. The number of hydrogen-bond acceptors (Lipinski definition) is 4. The molecule has 0 saturated heterocycles. The predicted octanol–water partition coefficient (Wildman–Crippen LogP) is 3.48. The molecule has 0 aliphatic rings. The van der Waals surface area contributed by atoms with Crippen LogP contribution in [0.3, 0.4) is 0 Å². The normalized spacial score (nSPS) is 10.6. The van der Waals surface area contributed by atoms with E-state index in [2.05, 4.69) is 22.1 Å². The van der Waals surface area contributed by atoms with Gasteiger partial charge in [0.2, 0.25) is 0 Å². The van der Waals surface area contributed by atoms with E-state index in [0.717, 1.165) is 21.1 Å². The fourth-order valence-corrected chi connectivity index (χ4v) is 2.80. The molecule has 5 heteroatoms. The summed E-state index contributed by atoms with van der Waals surface area (Å²) in [5.41, 5.74) is 9.85. The number of rotatable bonds is 2. The van der Waals surface area contributed by atoms with Crippen molar-refractivity contribution in [1.29, 1.82) is 5.26 Å². The fraction of sp³-hybridized carbons (Fsp3) is 0.0667. The second-order valence-electron chi connectivity index (χ2n) is 4.53. The van der Waals surface area contributed by atoms with Crippen LogP contribution in [0.1, 0.15) is 11.1 Å². The maximum atomic E-state index is 8.99. The van der Waals surface area contributed by atoms with Crippen molar-refractivity contribution in [3.8, 4) is 6.07 Å². The average molecular weight is 280 g/mol. The van der Waals surface area contributed by atoms with Gasteiger partial charge in [0.1, 0.15) is 6.07 Å². The zero-order valence-electron chi connectivity index (χ0n) is 10.8. The number of H-pyrrole nitrogens is 1. The van der Waals surface area contributed by atoms with Crippen LogP contribution in [0.25, 0.3) is 11.0 Å². The standard InChI is InChI=1S/C15H12N4S/c1-9-2-5-13-14(6-9)19-15(18-13)20-11-3-4-12(17)10(7-11)8-16/h2-7H,17H2,1H3,(H,18,19). The first kappa shape index (κ1) is 12.6. The summed E-state index contributed by atoms with van der Waals surface area (Å²) in [7, 11) is 0. The van der Waals surface area contributed by atoms with E-state index in [1.165, 1.54) is 17.3 Å². The molecule has 0 atom stereocenters. The summed E-state index contributed by atoms with van der Waals surface area (Å²) in [6.45, 7) is 2.05. The van der Waals surface area contributed by atoms with Gasteiger partial charge in [-0.1, -0.05) is 17.8 Å². The summed E-state index contributed by atoms with van der Waals surface area (Å²) in [4.78, 5) is 8.73. The number of aryl methyl sites for hydroxylation is 1. The van der Waals surface area contributed by atoms with Crippen molar-refractivity contribution in [2.75, 3.05) is 5.73 Å². The second kappa shape index (κ2) is 4.91. The number of anilines is 1. The van der Waals surface area contributed by atoms with Crippen LogP contribution in [0.2, 0.25) is 0 Å². The quantitative estimate of drug-likeness (QED) is 0.704. The molecule has 3 aromatic rings. The van der Waals surface area contributed by atoms with Gasteiger partial charge in [0.05, 0.1) is 16.6 Å². The van der Waals surface area contributed by atoms with Gasteiger partial charge in [-0.15, -0.1) is 0 Å². The molecule has 0 bridgehead atoms. The molecule has 0 unspecified atom stereocenters. The molecule has 0 amide bonds. The van der Waals surface area contributed by atoms with Gasteiger partial charge in [0.25, 0.3) is 0 Å². The molecule has 3 N–H and O–H groups in total. The van der Waals surface area contributed by atoms with Gasteiger partial charge in [-0.2, -0.15) is 5.26 Å². The van der Waals surface area contributed by atoms with Crippen LogP contribution in [0, 0.1) is 18.3 Å². The number of fused-ring (bicyclic) bond motifs is 1. The predicted molar refractivity (Wildman–Crippen MR) is 80.5 cm³/mol. The molecule has 0 spiro atoms. The first-order valence-electron chi connectivity index (χ1n) is 6.09. The van der Waals surface area contributed by atoms with Gasteiger partial charge < -0.3 is 10.7 Å². The molecule has 0 radical (unpaired) electrons. The first-order valence-corrected chi connectivity index (χ1v) is 6.91. The Hall–Kier alpha value is -2.45. The van der Waals surface area contributed by atoms with Crippen LogP contribution in [0.5, 0.6) is 0 Å². The molecule has 0 aliphatic carbocycles. The number of nitrogens with one attached hydrogen (secondary N) is 1. The molecule has 0 aliphatic heterocycles. The maximum Gasteiger partial charge on any atom is 0.171 e. The Labute approximate surface area is 120 Å². The van der Waals surface area contributed by atoms with Crippen molar-refractivity contribution in [1.82, 2.24) is 9.97 Å². The van der Waals surface area contributed by atoms with E-state index >= 15 is 0 Å². The highest BCUT2D eigenvalue weighted by atomic mass is 32.2. The highest BCUT2D eigenvalue weighted by Crippen LogP contribution is 2.29. The Kier molecular flexibility index (Phi) is 3.09. The lowest BCUT2D eigenvalue weighted by Crippen LogP contribution is -1.89. The van der Waals surface area contributed by atoms with Crippen molar-refractivity contribution >= 4 is 28.5 Å². The zero-order chi connectivity index (χ0) is 14.1. The molecule has 1 aromatic heterocycles. The van der Waals surface area contributed by atoms with E-state index < -0.39 is 0 Å². The van der Waals surface area contributed by atoms with Gasteiger partial charge in [-0.25, -0.2) is 4.98 Å². The number of hydrogen-bond donors (Lipinski definition) is 2. The maximum absolute atomic E-state index is 8.99. The summed E-state index contributed by atoms with van der Waals surface area (Å²) in [6, 6.07) is 13.6. The van der Waals surface area contributed by atoms with Crippen LogP contribution in [0.15, 0.2) is 46.5 Å². The van der Waals surface area contributed by atoms with E-state index in [1.807, 2.05) is 25.1 Å². The molecular weight excluding hydrogens is 268 g/mol. The summed E-state index contributed by atoms with van der Waals surface area (Å²) < 4.78 is 0. The Morgan fingerprint density at radius 3 is 2.90 bits per heavy atom. The van der Waals surface area contributed by atoms with Crippen LogP contribution in [0.4, 0.5) is 5.69 Å². The van der Waals surface area contributed by atoms with E-state index in [-0.39, 0.29) is 0 Å². The summed E-state index contributed by atoms with van der Waals surface area (Å²) >= 11 is 1.48. The van der Waals surface area contributed by atoms with E-state index in [4.69, 9.17) is 11.0 Å². The topological polar surface area (TPSA) is 78.5 Å². The van der Waals surface area contributed by atoms with E-state index in [9.17, 15) is 0 Å². The number of nitrogens with two attached hydrogens (primary N) is 1. The Balaban J connectivity index is 1.95. The molecule has 20 heavy (non-hydrogen) atoms. The summed E-state index contributed by atoms with van der Waals surface area (Å²) in [5.74, 6) is 0. The van der Waals surface area contributed by atoms with Crippen molar-refractivity contribution in [3.63, 3.8) is 0 Å². The molecule has 98 valence electrons. The summed E-state index contributed by atoms with van der Waals surface area (Å²) in [5, 5.41) is 9.80. The number of aromatic amines is 1. The van der Waals surface area contributed by atoms with E-state index in [0.29, 0.717) is 11.3 Å². The lowest BCUT2D eigenvalue weighted by molar-refractivity contribution is 1.08. The van der Waals surface area contributed by atoms with Gasteiger partial charge in [-0.3, -0.25) is 0 Å². The Morgan fingerprint density at radius 1 is 1.25 bits per heavy atom. The van der Waals surface area contributed by atoms with Crippen molar-refractivity contribution in [2.45, 2.75) is 17.0 Å². The lowest BCUT2D eigenvalue weighted by Gasteiger charge is -2.01. The molecule has 0 saturated carbocycles. The number of nitrogens with zero attached hydrogens (tertiary/aromatic N) is 2.